The summed E-state index contributed by atoms with van der Waals surface area (Å²) in [5.74, 6) is 0.206. The molecule has 0 aromatic rings. The van der Waals surface area contributed by atoms with E-state index in [-0.39, 0.29) is 5.91 Å². The van der Waals surface area contributed by atoms with E-state index in [0.29, 0.717) is 6.04 Å². The molecule has 0 bridgehead atoms. The summed E-state index contributed by atoms with van der Waals surface area (Å²) in [6.45, 7) is 8.84. The van der Waals surface area contributed by atoms with Crippen molar-refractivity contribution in [1.29, 1.82) is 0 Å². The van der Waals surface area contributed by atoms with Gasteiger partial charge in [-0.3, -0.25) is 4.79 Å². The van der Waals surface area contributed by atoms with E-state index in [4.69, 9.17) is 0 Å². The molecule has 0 aromatic heterocycles. The topological polar surface area (TPSA) is 20.3 Å². The lowest BCUT2D eigenvalue weighted by Gasteiger charge is -2.20. The highest BCUT2D eigenvalue weighted by Gasteiger charge is 2.26. The van der Waals surface area contributed by atoms with Crippen molar-refractivity contribution in [1.82, 2.24) is 4.90 Å². The van der Waals surface area contributed by atoms with Crippen LogP contribution in [0.4, 0.5) is 0 Å². The van der Waals surface area contributed by atoms with Crippen molar-refractivity contribution in [3.05, 3.63) is 11.1 Å². The lowest BCUT2D eigenvalue weighted by Crippen LogP contribution is -2.33. The van der Waals surface area contributed by atoms with E-state index in [2.05, 4.69) is 0 Å². The molecule has 2 heteroatoms. The van der Waals surface area contributed by atoms with Crippen molar-refractivity contribution in [2.24, 2.45) is 0 Å². The van der Waals surface area contributed by atoms with Crippen LogP contribution in [0.25, 0.3) is 0 Å². The summed E-state index contributed by atoms with van der Waals surface area (Å²) >= 11 is 0. The molecule has 0 N–H and O–H groups in total. The number of rotatable bonds is 1. The molecular weight excluding hydrogens is 138 g/mol. The number of hydrogen-bond donors (Lipinski definition) is 0. The fourth-order valence-electron chi connectivity index (χ4n) is 1.26. The molecule has 62 valence electrons. The van der Waals surface area contributed by atoms with Gasteiger partial charge in [0.05, 0.1) is 0 Å². The van der Waals surface area contributed by atoms with E-state index in [9.17, 15) is 4.79 Å². The van der Waals surface area contributed by atoms with Gasteiger partial charge in [-0.2, -0.15) is 0 Å². The third kappa shape index (κ3) is 1.30. The molecule has 0 saturated heterocycles. The Kier molecular flexibility index (Phi) is 2.03. The predicted octanol–water partition coefficient (Wildman–Crippen LogP) is 1.57. The van der Waals surface area contributed by atoms with Crippen LogP contribution in [0.5, 0.6) is 0 Å². The molecule has 11 heavy (non-hydrogen) atoms. The van der Waals surface area contributed by atoms with Crippen LogP contribution in [0.3, 0.4) is 0 Å². The van der Waals surface area contributed by atoms with Gasteiger partial charge in [-0.25, -0.2) is 0 Å². The highest BCUT2D eigenvalue weighted by molar-refractivity contribution is 5.96. The van der Waals surface area contributed by atoms with Crippen molar-refractivity contribution < 1.29 is 4.79 Å². The van der Waals surface area contributed by atoms with Crippen LogP contribution in [0.2, 0.25) is 0 Å². The molecule has 1 aliphatic rings. The Morgan fingerprint density at radius 3 is 2.09 bits per heavy atom. The van der Waals surface area contributed by atoms with Crippen LogP contribution in [0, 0.1) is 0 Å². The number of carbonyl (C=O) groups excluding carboxylic acids is 1. The Morgan fingerprint density at radius 1 is 1.36 bits per heavy atom. The highest BCUT2D eigenvalue weighted by atomic mass is 16.2. The highest BCUT2D eigenvalue weighted by Crippen LogP contribution is 2.19. The normalized spacial score (nSPS) is 19.0. The molecule has 0 aliphatic carbocycles. The fraction of sp³-hybridized carbons (Fsp3) is 0.667. The second kappa shape index (κ2) is 2.68. The Hall–Kier alpha value is -0.790. The average molecular weight is 153 g/mol. The summed E-state index contributed by atoms with van der Waals surface area (Å²) in [6, 6.07) is 0.329. The van der Waals surface area contributed by atoms with Crippen LogP contribution in [-0.4, -0.2) is 23.4 Å². The van der Waals surface area contributed by atoms with Gasteiger partial charge in [-0.15, -0.1) is 0 Å². The molecule has 0 radical (unpaired) electrons. The summed E-state index contributed by atoms with van der Waals surface area (Å²) in [4.78, 5) is 13.3. The Bertz CT molecular complexity index is 216. The molecule has 1 heterocycles. The molecule has 1 rings (SSSR count). The zero-order chi connectivity index (χ0) is 8.59. The van der Waals surface area contributed by atoms with Crippen molar-refractivity contribution in [2.75, 3.05) is 6.54 Å². The van der Waals surface area contributed by atoms with Crippen LogP contribution >= 0.6 is 0 Å². The first-order chi connectivity index (χ1) is 5.04. The van der Waals surface area contributed by atoms with E-state index in [1.165, 1.54) is 5.57 Å². The van der Waals surface area contributed by atoms with Gasteiger partial charge in [-0.1, -0.05) is 0 Å². The minimum absolute atomic E-state index is 0.206. The minimum Gasteiger partial charge on any atom is -0.333 e. The smallest absolute Gasteiger partial charge is 0.250 e. The van der Waals surface area contributed by atoms with Crippen LogP contribution in [0.15, 0.2) is 11.1 Å². The maximum atomic E-state index is 11.4. The van der Waals surface area contributed by atoms with Gasteiger partial charge in [0.2, 0.25) is 5.91 Å². The first kappa shape index (κ1) is 8.31. The number of nitrogens with zero attached hydrogens (tertiary/aromatic N) is 1. The van der Waals surface area contributed by atoms with Crippen LogP contribution in [-0.2, 0) is 4.79 Å². The summed E-state index contributed by atoms with van der Waals surface area (Å²) in [5.41, 5.74) is 2.14. The molecular formula is C9H15NO. The lowest BCUT2D eigenvalue weighted by atomic mass is 10.2. The van der Waals surface area contributed by atoms with Crippen molar-refractivity contribution in [3.63, 3.8) is 0 Å². The van der Waals surface area contributed by atoms with E-state index < -0.39 is 0 Å². The Morgan fingerprint density at radius 2 is 1.91 bits per heavy atom. The van der Waals surface area contributed by atoms with E-state index in [1.807, 2.05) is 32.6 Å². The van der Waals surface area contributed by atoms with Gasteiger partial charge >= 0.3 is 0 Å². The van der Waals surface area contributed by atoms with Gasteiger partial charge in [-0.05, 0) is 33.3 Å². The summed E-state index contributed by atoms with van der Waals surface area (Å²) in [6.07, 6.45) is 0. The minimum atomic E-state index is 0.206. The monoisotopic (exact) mass is 153 g/mol. The zero-order valence-electron chi connectivity index (χ0n) is 7.64. The molecule has 2 nitrogen and oxygen atoms in total. The summed E-state index contributed by atoms with van der Waals surface area (Å²) < 4.78 is 0. The van der Waals surface area contributed by atoms with Crippen molar-refractivity contribution in [2.45, 2.75) is 33.7 Å². The molecule has 0 atom stereocenters. The molecule has 0 fully saturated rings. The first-order valence-corrected chi connectivity index (χ1v) is 4.01. The standard InChI is InChI=1S/C9H15NO/c1-6(2)10-5-7(3)8(4)9(10)11/h6H,5H2,1-4H3. The van der Waals surface area contributed by atoms with Gasteiger partial charge in [0.15, 0.2) is 0 Å². The van der Waals surface area contributed by atoms with Gasteiger partial charge < -0.3 is 4.90 Å². The number of carbonyl (C=O) groups is 1. The van der Waals surface area contributed by atoms with Crippen LogP contribution in [0.1, 0.15) is 27.7 Å². The molecule has 0 unspecified atom stereocenters. The van der Waals surface area contributed by atoms with Crippen molar-refractivity contribution in [3.8, 4) is 0 Å². The first-order valence-electron chi connectivity index (χ1n) is 4.01. The maximum absolute atomic E-state index is 11.4. The third-order valence-electron chi connectivity index (χ3n) is 2.25. The van der Waals surface area contributed by atoms with Crippen molar-refractivity contribution >= 4 is 5.91 Å². The van der Waals surface area contributed by atoms with Gasteiger partial charge in [0.25, 0.3) is 0 Å². The fourth-order valence-corrected chi connectivity index (χ4v) is 1.26. The van der Waals surface area contributed by atoms with Crippen LogP contribution < -0.4 is 0 Å². The zero-order valence-corrected chi connectivity index (χ0v) is 7.64. The van der Waals surface area contributed by atoms with Gasteiger partial charge in [0, 0.05) is 18.2 Å². The number of hydrogen-bond acceptors (Lipinski definition) is 1. The Labute approximate surface area is 67.9 Å². The Balaban J connectivity index is 2.79. The largest absolute Gasteiger partial charge is 0.333 e. The van der Waals surface area contributed by atoms with E-state index in [0.717, 1.165) is 12.1 Å². The second-order valence-electron chi connectivity index (χ2n) is 3.43. The maximum Gasteiger partial charge on any atom is 0.250 e. The summed E-state index contributed by atoms with van der Waals surface area (Å²) in [7, 11) is 0. The quantitative estimate of drug-likeness (QED) is 0.560. The molecule has 0 saturated carbocycles. The van der Waals surface area contributed by atoms with E-state index >= 15 is 0 Å². The lowest BCUT2D eigenvalue weighted by molar-refractivity contribution is -0.126. The van der Waals surface area contributed by atoms with E-state index in [1.54, 1.807) is 0 Å². The summed E-state index contributed by atoms with van der Waals surface area (Å²) in [5, 5.41) is 0. The average Bonchev–Trinajstić information content (AvgIpc) is 2.17. The van der Waals surface area contributed by atoms with Gasteiger partial charge in [0.1, 0.15) is 0 Å². The SMILES string of the molecule is CC1=C(C)C(=O)N(C(C)C)C1. The number of amides is 1. The predicted molar refractivity (Wildman–Crippen MR) is 45.2 cm³/mol. The molecule has 1 amide bonds. The molecule has 0 aromatic carbocycles. The second-order valence-corrected chi connectivity index (χ2v) is 3.43. The molecule has 0 spiro atoms. The third-order valence-corrected chi connectivity index (χ3v) is 2.25. The molecule has 1 aliphatic heterocycles.